The number of nitrogens with one attached hydrogen (secondary N) is 1. The van der Waals surface area contributed by atoms with Crippen molar-refractivity contribution in [3.63, 3.8) is 0 Å². The molecule has 3 heterocycles. The van der Waals surface area contributed by atoms with E-state index in [1.807, 2.05) is 0 Å². The maximum absolute atomic E-state index is 5.72. The predicted octanol–water partition coefficient (Wildman–Crippen LogP) is 5.07. The largest absolute Gasteiger partial charge is 0.376 e. The van der Waals surface area contributed by atoms with Crippen molar-refractivity contribution in [2.75, 3.05) is 18.5 Å². The second kappa shape index (κ2) is 7.10. The fourth-order valence-corrected chi connectivity index (χ4v) is 4.20. The molecule has 25 heavy (non-hydrogen) atoms. The molecule has 1 fully saturated rings. The van der Waals surface area contributed by atoms with Crippen LogP contribution >= 0.6 is 11.3 Å². The molecule has 4 nitrogen and oxygen atoms in total. The molecule has 2 aromatic heterocycles. The molecule has 0 aliphatic carbocycles. The summed E-state index contributed by atoms with van der Waals surface area (Å²) in [5, 5.41) is 6.78. The maximum Gasteiger partial charge on any atom is 0.138 e. The molecule has 0 amide bonds. The van der Waals surface area contributed by atoms with Gasteiger partial charge in [-0.15, -0.1) is 11.3 Å². The van der Waals surface area contributed by atoms with Crippen molar-refractivity contribution >= 4 is 27.4 Å². The van der Waals surface area contributed by atoms with Crippen molar-refractivity contribution in [2.24, 2.45) is 0 Å². The van der Waals surface area contributed by atoms with E-state index in [1.165, 1.54) is 16.7 Å². The Kier molecular flexibility index (Phi) is 4.68. The highest BCUT2D eigenvalue weighted by molar-refractivity contribution is 7.17. The van der Waals surface area contributed by atoms with E-state index >= 15 is 0 Å². The molecule has 0 spiro atoms. The molecule has 130 valence electrons. The summed E-state index contributed by atoms with van der Waals surface area (Å²) >= 11 is 1.67. The quantitative estimate of drug-likeness (QED) is 0.695. The van der Waals surface area contributed by atoms with E-state index in [9.17, 15) is 0 Å². The van der Waals surface area contributed by atoms with Gasteiger partial charge in [-0.2, -0.15) is 0 Å². The Morgan fingerprint density at radius 1 is 1.24 bits per heavy atom. The monoisotopic (exact) mass is 353 g/mol. The zero-order valence-corrected chi connectivity index (χ0v) is 15.5. The molecule has 1 atom stereocenters. The molecule has 0 radical (unpaired) electrons. The predicted molar refractivity (Wildman–Crippen MR) is 104 cm³/mol. The number of aromatic nitrogens is 2. The maximum atomic E-state index is 5.72. The molecule has 1 aliphatic rings. The first-order chi connectivity index (χ1) is 12.2. The number of fused-ring (bicyclic) bond motifs is 1. The number of benzene rings is 1. The molecule has 1 aliphatic heterocycles. The number of ether oxygens (including phenoxy) is 1. The van der Waals surface area contributed by atoms with E-state index in [2.05, 4.69) is 58.8 Å². The topological polar surface area (TPSA) is 47.0 Å². The summed E-state index contributed by atoms with van der Waals surface area (Å²) in [7, 11) is 0. The first-order valence-electron chi connectivity index (χ1n) is 8.90. The molecular formula is C20H23N3OS. The molecule has 1 unspecified atom stereocenters. The third-order valence-corrected chi connectivity index (χ3v) is 5.67. The van der Waals surface area contributed by atoms with Gasteiger partial charge in [-0.25, -0.2) is 9.97 Å². The number of hydrogen-bond acceptors (Lipinski definition) is 5. The van der Waals surface area contributed by atoms with Crippen LogP contribution in [0.1, 0.15) is 38.2 Å². The van der Waals surface area contributed by atoms with Crippen molar-refractivity contribution in [3.8, 4) is 11.1 Å². The second-order valence-corrected chi connectivity index (χ2v) is 7.70. The van der Waals surface area contributed by atoms with Gasteiger partial charge in [0, 0.05) is 24.1 Å². The van der Waals surface area contributed by atoms with Gasteiger partial charge in [0.1, 0.15) is 17.0 Å². The van der Waals surface area contributed by atoms with Crippen molar-refractivity contribution in [3.05, 3.63) is 41.5 Å². The summed E-state index contributed by atoms with van der Waals surface area (Å²) in [5.74, 6) is 1.45. The van der Waals surface area contributed by atoms with Crippen LogP contribution in [0.25, 0.3) is 21.3 Å². The lowest BCUT2D eigenvalue weighted by Crippen LogP contribution is -2.19. The summed E-state index contributed by atoms with van der Waals surface area (Å²) in [5.41, 5.74) is 3.77. The van der Waals surface area contributed by atoms with Gasteiger partial charge >= 0.3 is 0 Å². The average Bonchev–Trinajstić information content (AvgIpc) is 3.30. The molecule has 0 saturated carbocycles. The second-order valence-electron chi connectivity index (χ2n) is 6.84. The van der Waals surface area contributed by atoms with E-state index in [4.69, 9.17) is 4.74 Å². The lowest BCUT2D eigenvalue weighted by molar-refractivity contribution is 0.120. The van der Waals surface area contributed by atoms with Crippen LogP contribution in [0.15, 0.2) is 36.0 Å². The average molecular weight is 353 g/mol. The van der Waals surface area contributed by atoms with Crippen LogP contribution in [0.5, 0.6) is 0 Å². The fourth-order valence-electron chi connectivity index (χ4n) is 3.29. The minimum atomic E-state index is 0.289. The highest BCUT2D eigenvalue weighted by Gasteiger charge is 2.17. The van der Waals surface area contributed by atoms with E-state index in [0.29, 0.717) is 5.92 Å². The van der Waals surface area contributed by atoms with Crippen LogP contribution in [-0.4, -0.2) is 29.2 Å². The van der Waals surface area contributed by atoms with Crippen molar-refractivity contribution in [1.82, 2.24) is 9.97 Å². The summed E-state index contributed by atoms with van der Waals surface area (Å²) in [6, 6.07) is 8.83. The minimum absolute atomic E-state index is 0.289. The highest BCUT2D eigenvalue weighted by Crippen LogP contribution is 2.37. The van der Waals surface area contributed by atoms with Gasteiger partial charge in [-0.3, -0.25) is 0 Å². The summed E-state index contributed by atoms with van der Waals surface area (Å²) < 4.78 is 5.72. The minimum Gasteiger partial charge on any atom is -0.376 e. The number of anilines is 1. The van der Waals surface area contributed by atoms with Gasteiger partial charge in [0.15, 0.2) is 0 Å². The van der Waals surface area contributed by atoms with Crippen LogP contribution in [-0.2, 0) is 4.74 Å². The van der Waals surface area contributed by atoms with E-state index in [0.717, 1.165) is 42.0 Å². The van der Waals surface area contributed by atoms with E-state index in [1.54, 1.807) is 17.7 Å². The van der Waals surface area contributed by atoms with Gasteiger partial charge in [-0.05, 0) is 29.9 Å². The smallest absolute Gasteiger partial charge is 0.138 e. The number of thiophene rings is 1. The summed E-state index contributed by atoms with van der Waals surface area (Å²) in [4.78, 5) is 9.97. The molecule has 0 bridgehead atoms. The molecule has 1 saturated heterocycles. The van der Waals surface area contributed by atoms with Crippen molar-refractivity contribution in [1.29, 1.82) is 0 Å². The normalized spacial score (nSPS) is 17.5. The molecule has 1 N–H and O–H groups in total. The Morgan fingerprint density at radius 2 is 2.08 bits per heavy atom. The molecule has 3 aromatic rings. The Morgan fingerprint density at radius 3 is 2.80 bits per heavy atom. The van der Waals surface area contributed by atoms with Crippen LogP contribution in [0.3, 0.4) is 0 Å². The zero-order valence-electron chi connectivity index (χ0n) is 14.7. The lowest BCUT2D eigenvalue weighted by Gasteiger charge is -2.13. The standard InChI is InChI=1S/C20H23N3OS/c1-13(2)14-5-7-15(8-6-14)17-11-25-20-18(17)19(22-12-23-20)21-10-16-4-3-9-24-16/h5-8,11-13,16H,3-4,9-10H2,1-2H3,(H,21,22,23). The number of nitrogens with zero attached hydrogens (tertiary/aromatic N) is 2. The van der Waals surface area contributed by atoms with E-state index < -0.39 is 0 Å². The van der Waals surface area contributed by atoms with Crippen LogP contribution in [0.2, 0.25) is 0 Å². The Labute approximate surface area is 152 Å². The number of hydrogen-bond donors (Lipinski definition) is 1. The van der Waals surface area contributed by atoms with Gasteiger partial charge in [0.25, 0.3) is 0 Å². The Bertz CT molecular complexity index is 851. The Balaban J connectivity index is 1.66. The van der Waals surface area contributed by atoms with Gasteiger partial charge in [-0.1, -0.05) is 38.1 Å². The Hall–Kier alpha value is -1.98. The first kappa shape index (κ1) is 16.5. The zero-order chi connectivity index (χ0) is 17.2. The summed E-state index contributed by atoms with van der Waals surface area (Å²) in [6.07, 6.45) is 4.20. The third kappa shape index (κ3) is 3.39. The van der Waals surface area contributed by atoms with Crippen LogP contribution in [0.4, 0.5) is 5.82 Å². The highest BCUT2D eigenvalue weighted by atomic mass is 32.1. The molecule has 5 heteroatoms. The van der Waals surface area contributed by atoms with Gasteiger partial charge in [0.2, 0.25) is 0 Å². The van der Waals surface area contributed by atoms with Gasteiger partial charge < -0.3 is 10.1 Å². The van der Waals surface area contributed by atoms with Crippen molar-refractivity contribution in [2.45, 2.75) is 38.7 Å². The van der Waals surface area contributed by atoms with Crippen LogP contribution in [0, 0.1) is 0 Å². The molecular weight excluding hydrogens is 330 g/mol. The fraction of sp³-hybridized carbons (Fsp3) is 0.400. The SMILES string of the molecule is CC(C)c1ccc(-c2csc3ncnc(NCC4CCCO4)c23)cc1. The number of rotatable bonds is 5. The van der Waals surface area contributed by atoms with Crippen molar-refractivity contribution < 1.29 is 4.74 Å². The summed E-state index contributed by atoms with van der Waals surface area (Å²) in [6.45, 7) is 6.11. The van der Waals surface area contributed by atoms with E-state index in [-0.39, 0.29) is 6.10 Å². The molecule has 1 aromatic carbocycles. The first-order valence-corrected chi connectivity index (χ1v) is 9.78. The van der Waals surface area contributed by atoms with Gasteiger partial charge in [0.05, 0.1) is 11.5 Å². The third-order valence-electron chi connectivity index (χ3n) is 4.78. The van der Waals surface area contributed by atoms with Crippen LogP contribution < -0.4 is 5.32 Å². The molecule has 4 rings (SSSR count). The lowest BCUT2D eigenvalue weighted by atomic mass is 9.99.